The molecule has 0 bridgehead atoms. The van der Waals surface area contributed by atoms with Crippen LogP contribution < -0.4 is 5.73 Å². The van der Waals surface area contributed by atoms with Gasteiger partial charge < -0.3 is 5.73 Å². The lowest BCUT2D eigenvalue weighted by molar-refractivity contribution is -0.385. The highest BCUT2D eigenvalue weighted by Crippen LogP contribution is 2.20. The molecule has 1 rings (SSSR count). The first-order chi connectivity index (χ1) is 7.50. The second-order valence-electron chi connectivity index (χ2n) is 4.48. The summed E-state index contributed by atoms with van der Waals surface area (Å²) in [6.45, 7) is 4.19. The largest absolute Gasteiger partial charge is 0.327 e. The van der Waals surface area contributed by atoms with Crippen LogP contribution >= 0.6 is 0 Å². The Balaban J connectivity index is 2.76. The predicted octanol–water partition coefficient (Wildman–Crippen LogP) is 2.51. The molecule has 16 heavy (non-hydrogen) atoms. The van der Waals surface area contributed by atoms with E-state index in [1.165, 1.54) is 6.07 Å². The molecule has 4 heteroatoms. The van der Waals surface area contributed by atoms with Crippen molar-refractivity contribution in [2.75, 3.05) is 0 Å². The first-order valence-corrected chi connectivity index (χ1v) is 5.48. The molecular formula is C12H18N2O2. The summed E-state index contributed by atoms with van der Waals surface area (Å²) < 4.78 is 0. The Morgan fingerprint density at radius 2 is 2.00 bits per heavy atom. The Hall–Kier alpha value is -1.42. The summed E-state index contributed by atoms with van der Waals surface area (Å²) in [4.78, 5) is 10.4. The number of nitrogens with two attached hydrogens (primary N) is 1. The molecule has 1 aromatic rings. The summed E-state index contributed by atoms with van der Waals surface area (Å²) in [5, 5.41) is 10.8. The van der Waals surface area contributed by atoms with Gasteiger partial charge in [0.1, 0.15) is 0 Å². The molecule has 1 unspecified atom stereocenters. The molecule has 0 aliphatic heterocycles. The maximum Gasteiger partial charge on any atom is 0.272 e. The molecule has 0 fully saturated rings. The molecule has 0 aromatic heterocycles. The molecule has 0 amide bonds. The fourth-order valence-electron chi connectivity index (χ4n) is 1.83. The fourth-order valence-corrected chi connectivity index (χ4v) is 1.83. The second kappa shape index (κ2) is 5.61. The molecule has 0 aliphatic carbocycles. The molecule has 4 nitrogen and oxygen atoms in total. The van der Waals surface area contributed by atoms with E-state index in [4.69, 9.17) is 5.73 Å². The van der Waals surface area contributed by atoms with Crippen molar-refractivity contribution >= 4 is 5.69 Å². The lowest BCUT2D eigenvalue weighted by atomic mass is 9.97. The number of nitro benzene ring substituents is 1. The van der Waals surface area contributed by atoms with Crippen LogP contribution in [0.25, 0.3) is 0 Å². The van der Waals surface area contributed by atoms with Gasteiger partial charge in [-0.2, -0.15) is 0 Å². The average molecular weight is 222 g/mol. The Kier molecular flexibility index (Phi) is 4.43. The zero-order chi connectivity index (χ0) is 12.1. The molecular weight excluding hydrogens is 204 g/mol. The summed E-state index contributed by atoms with van der Waals surface area (Å²) >= 11 is 0. The fraction of sp³-hybridized carbons (Fsp3) is 0.500. The Morgan fingerprint density at radius 3 is 2.56 bits per heavy atom. The molecule has 0 spiro atoms. The van der Waals surface area contributed by atoms with Gasteiger partial charge in [0, 0.05) is 17.7 Å². The van der Waals surface area contributed by atoms with Gasteiger partial charge in [-0.05, 0) is 18.8 Å². The number of nitrogens with zero attached hydrogens (tertiary/aromatic N) is 1. The minimum atomic E-state index is -0.350. The molecule has 1 aromatic carbocycles. The SMILES string of the molecule is CC(C)CC(N)Cc1ccccc1[N+](=O)[O-]. The molecule has 0 saturated carbocycles. The molecule has 0 aliphatic rings. The van der Waals surface area contributed by atoms with Crippen LogP contribution in [0.2, 0.25) is 0 Å². The average Bonchev–Trinajstić information content (AvgIpc) is 2.16. The minimum absolute atomic E-state index is 0.0129. The number of para-hydroxylation sites is 1. The Bertz CT molecular complexity index is 364. The van der Waals surface area contributed by atoms with E-state index in [0.717, 1.165) is 12.0 Å². The normalized spacial score (nSPS) is 12.8. The number of nitro groups is 1. The zero-order valence-electron chi connectivity index (χ0n) is 9.72. The van der Waals surface area contributed by atoms with Gasteiger partial charge in [-0.1, -0.05) is 32.0 Å². The highest BCUT2D eigenvalue weighted by atomic mass is 16.6. The van der Waals surface area contributed by atoms with Crippen molar-refractivity contribution in [3.05, 3.63) is 39.9 Å². The highest BCUT2D eigenvalue weighted by Gasteiger charge is 2.15. The van der Waals surface area contributed by atoms with Crippen LogP contribution in [-0.2, 0) is 6.42 Å². The van der Waals surface area contributed by atoms with Gasteiger partial charge >= 0.3 is 0 Å². The van der Waals surface area contributed by atoms with E-state index < -0.39 is 0 Å². The standard InChI is InChI=1S/C12H18N2O2/c1-9(2)7-11(13)8-10-5-3-4-6-12(10)14(15)16/h3-6,9,11H,7-8,13H2,1-2H3. The van der Waals surface area contributed by atoms with E-state index in [1.54, 1.807) is 12.1 Å². The molecule has 0 saturated heterocycles. The molecule has 1 atom stereocenters. The second-order valence-corrected chi connectivity index (χ2v) is 4.48. The van der Waals surface area contributed by atoms with E-state index in [1.807, 2.05) is 6.07 Å². The van der Waals surface area contributed by atoms with Crippen molar-refractivity contribution in [2.24, 2.45) is 11.7 Å². The smallest absolute Gasteiger partial charge is 0.272 e. The van der Waals surface area contributed by atoms with E-state index in [0.29, 0.717) is 12.3 Å². The quantitative estimate of drug-likeness (QED) is 0.614. The van der Waals surface area contributed by atoms with Crippen molar-refractivity contribution in [3.63, 3.8) is 0 Å². The number of rotatable bonds is 5. The van der Waals surface area contributed by atoms with Gasteiger partial charge in [0.2, 0.25) is 0 Å². The summed E-state index contributed by atoms with van der Waals surface area (Å²) in [5.41, 5.74) is 6.84. The maximum atomic E-state index is 10.8. The highest BCUT2D eigenvalue weighted by molar-refractivity contribution is 5.40. The Labute approximate surface area is 95.6 Å². The molecule has 0 heterocycles. The van der Waals surface area contributed by atoms with Gasteiger partial charge in [0.15, 0.2) is 0 Å². The van der Waals surface area contributed by atoms with Crippen molar-refractivity contribution in [1.82, 2.24) is 0 Å². The summed E-state index contributed by atoms with van der Waals surface area (Å²) in [7, 11) is 0. The van der Waals surface area contributed by atoms with Gasteiger partial charge in [0.25, 0.3) is 5.69 Å². The topological polar surface area (TPSA) is 69.2 Å². The monoisotopic (exact) mass is 222 g/mol. The van der Waals surface area contributed by atoms with Crippen LogP contribution in [0.1, 0.15) is 25.8 Å². The third-order valence-corrected chi connectivity index (χ3v) is 2.44. The van der Waals surface area contributed by atoms with Crippen LogP contribution in [-0.4, -0.2) is 11.0 Å². The lowest BCUT2D eigenvalue weighted by Gasteiger charge is -2.13. The van der Waals surface area contributed by atoms with Crippen LogP contribution in [0.4, 0.5) is 5.69 Å². The van der Waals surface area contributed by atoms with E-state index in [-0.39, 0.29) is 16.7 Å². The van der Waals surface area contributed by atoms with Crippen molar-refractivity contribution in [1.29, 1.82) is 0 Å². The van der Waals surface area contributed by atoms with E-state index in [9.17, 15) is 10.1 Å². The number of hydrogen-bond donors (Lipinski definition) is 1. The van der Waals surface area contributed by atoms with Crippen LogP contribution in [0.15, 0.2) is 24.3 Å². The van der Waals surface area contributed by atoms with Gasteiger partial charge in [-0.3, -0.25) is 10.1 Å². The van der Waals surface area contributed by atoms with E-state index in [2.05, 4.69) is 13.8 Å². The van der Waals surface area contributed by atoms with Gasteiger partial charge in [-0.15, -0.1) is 0 Å². The Morgan fingerprint density at radius 1 is 1.38 bits per heavy atom. The van der Waals surface area contributed by atoms with Gasteiger partial charge in [0.05, 0.1) is 4.92 Å². The molecule has 0 radical (unpaired) electrons. The number of hydrogen-bond acceptors (Lipinski definition) is 3. The van der Waals surface area contributed by atoms with Crippen molar-refractivity contribution < 1.29 is 4.92 Å². The van der Waals surface area contributed by atoms with Crippen molar-refractivity contribution in [2.45, 2.75) is 32.7 Å². The van der Waals surface area contributed by atoms with Crippen LogP contribution in [0.3, 0.4) is 0 Å². The predicted molar refractivity (Wildman–Crippen MR) is 64.2 cm³/mol. The first kappa shape index (κ1) is 12.6. The zero-order valence-corrected chi connectivity index (χ0v) is 9.72. The minimum Gasteiger partial charge on any atom is -0.327 e. The maximum absolute atomic E-state index is 10.8. The van der Waals surface area contributed by atoms with Crippen LogP contribution in [0, 0.1) is 16.0 Å². The third kappa shape index (κ3) is 3.62. The third-order valence-electron chi connectivity index (χ3n) is 2.44. The summed E-state index contributed by atoms with van der Waals surface area (Å²) in [5.74, 6) is 0.512. The first-order valence-electron chi connectivity index (χ1n) is 5.48. The van der Waals surface area contributed by atoms with E-state index >= 15 is 0 Å². The summed E-state index contributed by atoms with van der Waals surface area (Å²) in [6, 6.07) is 6.77. The molecule has 2 N–H and O–H groups in total. The molecule has 88 valence electrons. The lowest BCUT2D eigenvalue weighted by Crippen LogP contribution is -2.25. The number of benzene rings is 1. The van der Waals surface area contributed by atoms with Crippen LogP contribution in [0.5, 0.6) is 0 Å². The van der Waals surface area contributed by atoms with Gasteiger partial charge in [-0.25, -0.2) is 0 Å². The van der Waals surface area contributed by atoms with Crippen molar-refractivity contribution in [3.8, 4) is 0 Å². The summed E-state index contributed by atoms with van der Waals surface area (Å²) in [6.07, 6.45) is 1.45.